The van der Waals surface area contributed by atoms with Gasteiger partial charge in [-0.05, 0) is 56.7 Å². The number of aryl methyl sites for hydroxylation is 1. The molecule has 0 aliphatic carbocycles. The predicted molar refractivity (Wildman–Crippen MR) is 112 cm³/mol. The Balaban J connectivity index is 1.79. The molecular weight excluding hydrogens is 370 g/mol. The lowest BCUT2D eigenvalue weighted by Gasteiger charge is -2.10. The van der Waals surface area contributed by atoms with Gasteiger partial charge in [0.15, 0.2) is 0 Å². The quantitative estimate of drug-likeness (QED) is 0.587. The summed E-state index contributed by atoms with van der Waals surface area (Å²) < 4.78 is 16.3. The molecule has 1 unspecified atom stereocenters. The first kappa shape index (κ1) is 20.5. The molecule has 2 aromatic rings. The van der Waals surface area contributed by atoms with Crippen molar-refractivity contribution in [2.45, 2.75) is 33.3 Å². The third kappa shape index (κ3) is 4.77. The van der Waals surface area contributed by atoms with E-state index >= 15 is 0 Å². The normalized spacial score (nSPS) is 15.0. The summed E-state index contributed by atoms with van der Waals surface area (Å²) in [5.41, 5.74) is 3.65. The Hall–Kier alpha value is -3.28. The van der Waals surface area contributed by atoms with Gasteiger partial charge in [0, 0.05) is 29.3 Å². The number of amides is 1. The molecule has 1 amide bonds. The summed E-state index contributed by atoms with van der Waals surface area (Å²) in [4.78, 5) is 24.2. The third-order valence-electron chi connectivity index (χ3n) is 4.66. The first-order chi connectivity index (χ1) is 13.9. The molecule has 0 radical (unpaired) electrons. The van der Waals surface area contributed by atoms with Crippen molar-refractivity contribution in [2.24, 2.45) is 0 Å². The number of hydrogen-bond donors (Lipinski definition) is 1. The Morgan fingerprint density at radius 1 is 1.28 bits per heavy atom. The number of carbonyl (C=O) groups excluding carboxylic acids is 2. The summed E-state index contributed by atoms with van der Waals surface area (Å²) in [6, 6.07) is 8.90. The van der Waals surface area contributed by atoms with Crippen LogP contribution < -0.4 is 14.8 Å². The highest BCUT2D eigenvalue weighted by Crippen LogP contribution is 2.35. The number of ether oxygens (including phenoxy) is 3. The highest BCUT2D eigenvalue weighted by atomic mass is 16.5. The number of fused-ring (bicyclic) bond motifs is 1. The maximum Gasteiger partial charge on any atom is 0.337 e. The van der Waals surface area contributed by atoms with Crippen LogP contribution in [-0.4, -0.2) is 31.7 Å². The Kier molecular flexibility index (Phi) is 6.22. The summed E-state index contributed by atoms with van der Waals surface area (Å²) in [6.07, 6.45) is 4.11. The van der Waals surface area contributed by atoms with Crippen LogP contribution >= 0.6 is 0 Å². The van der Waals surface area contributed by atoms with E-state index in [-0.39, 0.29) is 12.0 Å². The van der Waals surface area contributed by atoms with Crippen molar-refractivity contribution in [1.82, 2.24) is 0 Å². The first-order valence-electron chi connectivity index (χ1n) is 9.55. The van der Waals surface area contributed by atoms with E-state index in [9.17, 15) is 9.59 Å². The van der Waals surface area contributed by atoms with Gasteiger partial charge >= 0.3 is 5.97 Å². The SMILES string of the molecule is CCOc1cc2c(cc1/C=C/C(=O)Nc1cc(C(=O)OC)ccc1C)OC(C)C2. The van der Waals surface area contributed by atoms with Crippen LogP contribution in [0.1, 0.15) is 40.9 Å². The number of carbonyl (C=O) groups is 2. The number of anilines is 1. The minimum Gasteiger partial charge on any atom is -0.493 e. The molecule has 1 N–H and O–H groups in total. The molecule has 152 valence electrons. The molecule has 1 heterocycles. The second-order valence-corrected chi connectivity index (χ2v) is 6.91. The Morgan fingerprint density at radius 2 is 2.07 bits per heavy atom. The van der Waals surface area contributed by atoms with E-state index in [1.807, 2.05) is 32.9 Å². The fourth-order valence-corrected chi connectivity index (χ4v) is 3.21. The molecule has 6 nitrogen and oxygen atoms in total. The average molecular weight is 395 g/mol. The van der Waals surface area contributed by atoms with E-state index in [1.54, 1.807) is 24.3 Å². The molecule has 0 fully saturated rings. The van der Waals surface area contributed by atoms with Crippen LogP contribution in [0.4, 0.5) is 5.69 Å². The van der Waals surface area contributed by atoms with E-state index in [2.05, 4.69) is 5.32 Å². The highest BCUT2D eigenvalue weighted by Gasteiger charge is 2.21. The molecule has 29 heavy (non-hydrogen) atoms. The predicted octanol–water partition coefficient (Wildman–Crippen LogP) is 4.16. The van der Waals surface area contributed by atoms with Gasteiger partial charge in [0.05, 0.1) is 19.3 Å². The second kappa shape index (κ2) is 8.82. The first-order valence-corrected chi connectivity index (χ1v) is 9.55. The lowest BCUT2D eigenvalue weighted by atomic mass is 10.1. The van der Waals surface area contributed by atoms with E-state index in [0.717, 1.165) is 34.6 Å². The second-order valence-electron chi connectivity index (χ2n) is 6.91. The van der Waals surface area contributed by atoms with Crippen LogP contribution in [0, 0.1) is 6.92 Å². The molecule has 1 aliphatic rings. The van der Waals surface area contributed by atoms with Gasteiger partial charge in [-0.1, -0.05) is 6.07 Å². The maximum absolute atomic E-state index is 12.5. The van der Waals surface area contributed by atoms with Gasteiger partial charge in [-0.2, -0.15) is 0 Å². The number of rotatable bonds is 6. The Morgan fingerprint density at radius 3 is 2.79 bits per heavy atom. The molecule has 0 saturated carbocycles. The summed E-state index contributed by atoms with van der Waals surface area (Å²) in [7, 11) is 1.32. The van der Waals surface area contributed by atoms with Crippen molar-refractivity contribution in [3.8, 4) is 11.5 Å². The molecule has 1 atom stereocenters. The summed E-state index contributed by atoms with van der Waals surface area (Å²) in [5, 5.41) is 2.81. The molecule has 0 saturated heterocycles. The maximum atomic E-state index is 12.5. The van der Waals surface area contributed by atoms with Gasteiger partial charge in [-0.25, -0.2) is 4.79 Å². The zero-order valence-electron chi connectivity index (χ0n) is 17.1. The lowest BCUT2D eigenvalue weighted by molar-refractivity contribution is -0.111. The van der Waals surface area contributed by atoms with Gasteiger partial charge in [-0.3, -0.25) is 4.79 Å². The molecule has 6 heteroatoms. The van der Waals surface area contributed by atoms with Crippen molar-refractivity contribution >= 4 is 23.6 Å². The fourth-order valence-electron chi connectivity index (χ4n) is 3.21. The number of methoxy groups -OCH3 is 1. The van der Waals surface area contributed by atoms with Crippen LogP contribution in [0.15, 0.2) is 36.4 Å². The monoisotopic (exact) mass is 395 g/mol. The van der Waals surface area contributed by atoms with Crippen LogP contribution in [-0.2, 0) is 16.0 Å². The standard InChI is InChI=1S/C23H25NO5/c1-5-28-20-13-18-10-15(3)29-21(18)12-16(20)8-9-22(25)24-19-11-17(23(26)27-4)7-6-14(19)2/h6-9,11-13,15H,5,10H2,1-4H3,(H,24,25)/b9-8+. The van der Waals surface area contributed by atoms with E-state index in [0.29, 0.717) is 17.9 Å². The molecule has 0 spiro atoms. The minimum absolute atomic E-state index is 0.132. The van der Waals surface area contributed by atoms with Crippen LogP contribution in [0.25, 0.3) is 6.08 Å². The molecule has 3 rings (SSSR count). The summed E-state index contributed by atoms with van der Waals surface area (Å²) >= 11 is 0. The van der Waals surface area contributed by atoms with E-state index in [4.69, 9.17) is 14.2 Å². The van der Waals surface area contributed by atoms with Gasteiger partial charge in [-0.15, -0.1) is 0 Å². The van der Waals surface area contributed by atoms with Crippen molar-refractivity contribution in [2.75, 3.05) is 19.0 Å². The largest absolute Gasteiger partial charge is 0.493 e. The number of esters is 1. The highest BCUT2D eigenvalue weighted by molar-refractivity contribution is 6.03. The smallest absolute Gasteiger partial charge is 0.337 e. The topological polar surface area (TPSA) is 73.9 Å². The van der Waals surface area contributed by atoms with Crippen molar-refractivity contribution in [3.63, 3.8) is 0 Å². The lowest BCUT2D eigenvalue weighted by Crippen LogP contribution is -2.10. The van der Waals surface area contributed by atoms with Crippen molar-refractivity contribution in [3.05, 3.63) is 58.7 Å². The molecule has 0 aromatic heterocycles. The third-order valence-corrected chi connectivity index (χ3v) is 4.66. The number of nitrogens with one attached hydrogen (secondary N) is 1. The minimum atomic E-state index is -0.454. The van der Waals surface area contributed by atoms with Crippen LogP contribution in [0.3, 0.4) is 0 Å². The van der Waals surface area contributed by atoms with Gasteiger partial charge in [0.25, 0.3) is 0 Å². The summed E-state index contributed by atoms with van der Waals surface area (Å²) in [6.45, 7) is 6.33. The average Bonchev–Trinajstić information content (AvgIpc) is 3.06. The molecule has 0 bridgehead atoms. The van der Waals surface area contributed by atoms with Crippen LogP contribution in [0.5, 0.6) is 11.5 Å². The zero-order chi connectivity index (χ0) is 21.0. The van der Waals surface area contributed by atoms with E-state index in [1.165, 1.54) is 13.2 Å². The zero-order valence-corrected chi connectivity index (χ0v) is 17.1. The van der Waals surface area contributed by atoms with Crippen LogP contribution in [0.2, 0.25) is 0 Å². The Labute approximate surface area is 170 Å². The van der Waals surface area contributed by atoms with Gasteiger partial charge in [0.2, 0.25) is 5.91 Å². The molecular formula is C23H25NO5. The molecule has 1 aliphatic heterocycles. The van der Waals surface area contributed by atoms with Gasteiger partial charge < -0.3 is 19.5 Å². The fraction of sp³-hybridized carbons (Fsp3) is 0.304. The number of benzene rings is 2. The van der Waals surface area contributed by atoms with E-state index < -0.39 is 5.97 Å². The molecule has 2 aromatic carbocycles. The summed E-state index contributed by atoms with van der Waals surface area (Å²) in [5.74, 6) is 0.775. The van der Waals surface area contributed by atoms with Crippen molar-refractivity contribution in [1.29, 1.82) is 0 Å². The van der Waals surface area contributed by atoms with Gasteiger partial charge in [0.1, 0.15) is 17.6 Å². The number of hydrogen-bond acceptors (Lipinski definition) is 5. The Bertz CT molecular complexity index is 964. The van der Waals surface area contributed by atoms with Crippen molar-refractivity contribution < 1.29 is 23.8 Å².